The minimum absolute atomic E-state index is 0.370. The number of rotatable bonds is 6. The molecule has 0 saturated carbocycles. The van der Waals surface area contributed by atoms with Crippen LogP contribution in [0.5, 0.6) is 0 Å². The fourth-order valence-corrected chi connectivity index (χ4v) is 5.53. The highest BCUT2D eigenvalue weighted by Gasteiger charge is 2.22. The summed E-state index contributed by atoms with van der Waals surface area (Å²) in [6.45, 7) is 3.00. The smallest absolute Gasteiger partial charge is 0.131 e. The SMILES string of the molecule is c1ccc(-c2cc3cnccc3nc2-c2ccc(CN3CCC(n4cc(-c5ccccn5)nn4)CC3)cc2)cc1. The van der Waals surface area contributed by atoms with Gasteiger partial charge in [0.15, 0.2) is 0 Å². The lowest BCUT2D eigenvalue weighted by atomic mass is 9.97. The molecule has 4 aromatic heterocycles. The van der Waals surface area contributed by atoms with Crippen LogP contribution in [0.2, 0.25) is 0 Å². The summed E-state index contributed by atoms with van der Waals surface area (Å²) in [7, 11) is 0. The van der Waals surface area contributed by atoms with Gasteiger partial charge < -0.3 is 0 Å². The molecule has 1 aliphatic heterocycles. The Kier molecular flexibility index (Phi) is 6.55. The number of likely N-dealkylation sites (tertiary alicyclic amines) is 1. The zero-order chi connectivity index (χ0) is 26.7. The first-order valence-corrected chi connectivity index (χ1v) is 13.8. The molecular weight excluding hydrogens is 494 g/mol. The molecule has 196 valence electrons. The van der Waals surface area contributed by atoms with Gasteiger partial charge in [0, 0.05) is 54.7 Å². The Morgan fingerprint density at radius 1 is 0.775 bits per heavy atom. The van der Waals surface area contributed by atoms with Crippen molar-refractivity contribution >= 4 is 10.9 Å². The molecule has 7 nitrogen and oxygen atoms in total. The second-order valence-corrected chi connectivity index (χ2v) is 10.3. The maximum absolute atomic E-state index is 5.06. The van der Waals surface area contributed by atoms with Gasteiger partial charge in [-0.25, -0.2) is 9.67 Å². The Bertz CT molecular complexity index is 1720. The lowest BCUT2D eigenvalue weighted by Gasteiger charge is -2.31. The molecule has 1 aliphatic rings. The molecule has 0 bridgehead atoms. The number of fused-ring (bicyclic) bond motifs is 1. The molecular formula is C33H29N7. The average molecular weight is 524 g/mol. The minimum Gasteiger partial charge on any atom is -0.299 e. The Morgan fingerprint density at radius 2 is 1.60 bits per heavy atom. The summed E-state index contributed by atoms with van der Waals surface area (Å²) in [4.78, 5) is 16.3. The number of nitrogens with zero attached hydrogens (tertiary/aromatic N) is 7. The number of hydrogen-bond donors (Lipinski definition) is 0. The van der Waals surface area contributed by atoms with E-state index in [1.54, 1.807) is 12.4 Å². The number of hydrogen-bond acceptors (Lipinski definition) is 6. The third-order valence-electron chi connectivity index (χ3n) is 7.70. The largest absolute Gasteiger partial charge is 0.299 e. The molecule has 7 rings (SSSR count). The van der Waals surface area contributed by atoms with Gasteiger partial charge in [-0.15, -0.1) is 5.10 Å². The summed E-state index contributed by atoms with van der Waals surface area (Å²) < 4.78 is 2.02. The molecule has 5 heterocycles. The zero-order valence-corrected chi connectivity index (χ0v) is 22.1. The van der Waals surface area contributed by atoms with E-state index in [4.69, 9.17) is 4.98 Å². The highest BCUT2D eigenvalue weighted by atomic mass is 15.4. The molecule has 0 amide bonds. The first-order chi connectivity index (χ1) is 19.8. The summed E-state index contributed by atoms with van der Waals surface area (Å²) in [5, 5.41) is 9.81. The summed E-state index contributed by atoms with van der Waals surface area (Å²) in [5.74, 6) is 0. The predicted octanol–water partition coefficient (Wildman–Crippen LogP) is 6.45. The number of benzene rings is 2. The van der Waals surface area contributed by atoms with Gasteiger partial charge in [-0.2, -0.15) is 0 Å². The van der Waals surface area contributed by atoms with E-state index in [1.165, 1.54) is 5.56 Å². The molecule has 6 aromatic rings. The Morgan fingerprint density at radius 3 is 2.40 bits per heavy atom. The van der Waals surface area contributed by atoms with Gasteiger partial charge in [0.1, 0.15) is 5.69 Å². The van der Waals surface area contributed by atoms with Gasteiger partial charge in [0.2, 0.25) is 0 Å². The van der Waals surface area contributed by atoms with Crippen molar-refractivity contribution in [3.63, 3.8) is 0 Å². The van der Waals surface area contributed by atoms with Crippen LogP contribution in [0.3, 0.4) is 0 Å². The summed E-state index contributed by atoms with van der Waals surface area (Å²) >= 11 is 0. The van der Waals surface area contributed by atoms with Crippen molar-refractivity contribution in [2.45, 2.75) is 25.4 Å². The van der Waals surface area contributed by atoms with Gasteiger partial charge in [0.25, 0.3) is 0 Å². The third-order valence-corrected chi connectivity index (χ3v) is 7.70. The van der Waals surface area contributed by atoms with Crippen LogP contribution in [0.15, 0.2) is 110 Å². The van der Waals surface area contributed by atoms with Crippen molar-refractivity contribution in [2.24, 2.45) is 0 Å². The molecule has 0 aliphatic carbocycles. The third kappa shape index (κ3) is 4.99. The summed E-state index contributed by atoms with van der Waals surface area (Å²) in [5.41, 5.74) is 8.35. The Labute approximate surface area is 233 Å². The Hall–Kier alpha value is -4.75. The van der Waals surface area contributed by atoms with Gasteiger partial charge in [0.05, 0.1) is 29.1 Å². The molecule has 1 fully saturated rings. The fourth-order valence-electron chi connectivity index (χ4n) is 5.53. The first kappa shape index (κ1) is 24.3. The molecule has 0 unspecified atom stereocenters. The second kappa shape index (κ2) is 10.8. The van der Waals surface area contributed by atoms with Crippen molar-refractivity contribution in [1.82, 2.24) is 34.8 Å². The van der Waals surface area contributed by atoms with Gasteiger partial charge in [-0.1, -0.05) is 65.9 Å². The van der Waals surface area contributed by atoms with E-state index in [9.17, 15) is 0 Å². The molecule has 7 heteroatoms. The second-order valence-electron chi connectivity index (χ2n) is 10.3. The normalized spacial score (nSPS) is 14.5. The Balaban J connectivity index is 1.05. The predicted molar refractivity (Wildman–Crippen MR) is 157 cm³/mol. The highest BCUT2D eigenvalue weighted by Crippen LogP contribution is 2.33. The monoisotopic (exact) mass is 523 g/mol. The van der Waals surface area contributed by atoms with Crippen LogP contribution >= 0.6 is 0 Å². The van der Waals surface area contributed by atoms with Gasteiger partial charge in [-0.3, -0.25) is 14.9 Å². The van der Waals surface area contributed by atoms with Crippen LogP contribution in [0.1, 0.15) is 24.4 Å². The molecule has 0 atom stereocenters. The van der Waals surface area contributed by atoms with Crippen LogP contribution in [0.25, 0.3) is 44.7 Å². The van der Waals surface area contributed by atoms with Crippen LogP contribution in [-0.4, -0.2) is 47.9 Å². The van der Waals surface area contributed by atoms with E-state index in [2.05, 4.69) is 79.8 Å². The average Bonchev–Trinajstić information content (AvgIpc) is 3.53. The van der Waals surface area contributed by atoms with Crippen LogP contribution in [0, 0.1) is 0 Å². The van der Waals surface area contributed by atoms with Crippen LogP contribution < -0.4 is 0 Å². The molecule has 2 aromatic carbocycles. The summed E-state index contributed by atoms with van der Waals surface area (Å²) in [6.07, 6.45) is 9.61. The molecule has 0 spiro atoms. The van der Waals surface area contributed by atoms with Crippen molar-refractivity contribution in [2.75, 3.05) is 13.1 Å². The van der Waals surface area contributed by atoms with Crippen molar-refractivity contribution in [3.8, 4) is 33.8 Å². The van der Waals surface area contributed by atoms with E-state index in [0.29, 0.717) is 6.04 Å². The van der Waals surface area contributed by atoms with E-state index in [0.717, 1.165) is 77.2 Å². The molecule has 0 radical (unpaired) electrons. The van der Waals surface area contributed by atoms with E-state index < -0.39 is 0 Å². The van der Waals surface area contributed by atoms with Crippen molar-refractivity contribution in [3.05, 3.63) is 115 Å². The van der Waals surface area contributed by atoms with Gasteiger partial charge >= 0.3 is 0 Å². The van der Waals surface area contributed by atoms with E-state index >= 15 is 0 Å². The van der Waals surface area contributed by atoms with Crippen molar-refractivity contribution in [1.29, 1.82) is 0 Å². The first-order valence-electron chi connectivity index (χ1n) is 13.8. The lowest BCUT2D eigenvalue weighted by molar-refractivity contribution is 0.172. The lowest BCUT2D eigenvalue weighted by Crippen LogP contribution is -2.34. The molecule has 0 N–H and O–H groups in total. The van der Waals surface area contributed by atoms with E-state index in [1.807, 2.05) is 47.4 Å². The topological polar surface area (TPSA) is 72.6 Å². The molecule has 1 saturated heterocycles. The maximum atomic E-state index is 5.06. The number of aromatic nitrogens is 6. The fraction of sp³-hybridized carbons (Fsp3) is 0.182. The highest BCUT2D eigenvalue weighted by molar-refractivity contribution is 5.91. The standard InChI is InChI=1S/C33H29N7/c1-2-6-25(7-3-1)29-20-27-21-34-17-13-30(27)36-33(29)26-11-9-24(10-12-26)22-39-18-14-28(15-19-39)40-23-32(37-38-40)31-8-4-5-16-35-31/h1-13,16-17,20-21,23,28H,14-15,18-19,22H2. The van der Waals surface area contributed by atoms with Crippen LogP contribution in [0.4, 0.5) is 0 Å². The minimum atomic E-state index is 0.370. The van der Waals surface area contributed by atoms with Crippen LogP contribution in [-0.2, 0) is 6.54 Å². The van der Waals surface area contributed by atoms with E-state index in [-0.39, 0.29) is 0 Å². The number of piperidine rings is 1. The maximum Gasteiger partial charge on any atom is 0.131 e. The van der Waals surface area contributed by atoms with Crippen molar-refractivity contribution < 1.29 is 0 Å². The van der Waals surface area contributed by atoms with Gasteiger partial charge in [-0.05, 0) is 48.2 Å². The number of pyridine rings is 3. The summed E-state index contributed by atoms with van der Waals surface area (Å²) in [6, 6.07) is 29.8. The molecule has 40 heavy (non-hydrogen) atoms. The zero-order valence-electron chi connectivity index (χ0n) is 22.1. The quantitative estimate of drug-likeness (QED) is 0.250.